The number of hydrogen-bond acceptors (Lipinski definition) is 6. The van der Waals surface area contributed by atoms with Crippen LogP contribution in [0.15, 0.2) is 61.1 Å². The molecule has 0 saturated heterocycles. The molecule has 2 amide bonds. The van der Waals surface area contributed by atoms with E-state index in [1.165, 1.54) is 29.1 Å². The number of halogens is 2. The normalized spacial score (nSPS) is 11.7. The van der Waals surface area contributed by atoms with Crippen molar-refractivity contribution in [2.75, 3.05) is 17.2 Å². The highest BCUT2D eigenvalue weighted by molar-refractivity contribution is 6.33. The Labute approximate surface area is 206 Å². The maximum absolute atomic E-state index is 13.3. The number of carbonyl (C=O) groups excluding carboxylic acids is 1. The van der Waals surface area contributed by atoms with Crippen LogP contribution in [0.5, 0.6) is 0 Å². The molecule has 180 valence electrons. The average Bonchev–Trinajstić information content (AvgIpc) is 3.28. The Hall–Kier alpha value is -4.02. The molecule has 1 atom stereocenters. The van der Waals surface area contributed by atoms with Crippen molar-refractivity contribution in [1.82, 2.24) is 25.1 Å². The van der Waals surface area contributed by atoms with Crippen LogP contribution in [0.25, 0.3) is 5.82 Å². The van der Waals surface area contributed by atoms with Crippen LogP contribution in [-0.2, 0) is 0 Å². The first-order valence-electron chi connectivity index (χ1n) is 10.7. The zero-order valence-electron chi connectivity index (χ0n) is 19.0. The lowest BCUT2D eigenvalue weighted by Crippen LogP contribution is -2.34. The molecule has 0 aliphatic rings. The van der Waals surface area contributed by atoms with Crippen molar-refractivity contribution in [2.24, 2.45) is 0 Å². The molecule has 4 rings (SSSR count). The van der Waals surface area contributed by atoms with E-state index in [4.69, 9.17) is 11.6 Å². The summed E-state index contributed by atoms with van der Waals surface area (Å²) in [7, 11) is 0. The highest BCUT2D eigenvalue weighted by atomic mass is 35.5. The second kappa shape index (κ2) is 10.5. The Kier molecular flexibility index (Phi) is 7.23. The highest BCUT2D eigenvalue weighted by Crippen LogP contribution is 2.25. The first-order chi connectivity index (χ1) is 16.8. The third-order valence-corrected chi connectivity index (χ3v) is 5.43. The standard InChI is InChI=1S/C24H23ClFN7O2/c1-14-4-3-5-16(8-14)21(13-34)31-24(35)29-18-11-28-33(12-18)22-15(2)10-27-23(32-22)30-20-7-6-17(26)9-19(20)25/h3-12,21,34H,13H2,1-2H3,(H,27,30,32)(H2,29,31,35)/t21-/m0/s1. The second-order valence-corrected chi connectivity index (χ2v) is 8.28. The summed E-state index contributed by atoms with van der Waals surface area (Å²) in [5.74, 6) is 0.267. The van der Waals surface area contributed by atoms with Crippen molar-refractivity contribution in [3.05, 3.63) is 88.6 Å². The van der Waals surface area contributed by atoms with Crippen LogP contribution < -0.4 is 16.0 Å². The number of anilines is 3. The molecule has 0 radical (unpaired) electrons. The fourth-order valence-corrected chi connectivity index (χ4v) is 3.60. The number of amides is 2. The lowest BCUT2D eigenvalue weighted by atomic mass is 10.1. The number of benzene rings is 2. The number of urea groups is 1. The Balaban J connectivity index is 1.47. The number of hydrogen-bond donors (Lipinski definition) is 4. The minimum Gasteiger partial charge on any atom is -0.394 e. The van der Waals surface area contributed by atoms with Gasteiger partial charge in [0.05, 0.1) is 41.4 Å². The van der Waals surface area contributed by atoms with E-state index < -0.39 is 17.9 Å². The van der Waals surface area contributed by atoms with Crippen LogP contribution in [-0.4, -0.2) is 37.5 Å². The summed E-state index contributed by atoms with van der Waals surface area (Å²) in [4.78, 5) is 21.2. The van der Waals surface area contributed by atoms with Crippen LogP contribution in [0.4, 0.5) is 26.5 Å². The van der Waals surface area contributed by atoms with Crippen molar-refractivity contribution in [2.45, 2.75) is 19.9 Å². The van der Waals surface area contributed by atoms with Gasteiger partial charge in [0.15, 0.2) is 5.82 Å². The lowest BCUT2D eigenvalue weighted by Gasteiger charge is -2.17. The van der Waals surface area contributed by atoms with Gasteiger partial charge in [0.1, 0.15) is 5.82 Å². The molecular formula is C24H23ClFN7O2. The minimum absolute atomic E-state index is 0.194. The SMILES string of the molecule is Cc1cccc([C@H](CO)NC(=O)Nc2cnn(-c3nc(Nc4ccc(F)cc4Cl)ncc3C)c2)c1. The number of carbonyl (C=O) groups is 1. The fourth-order valence-electron chi connectivity index (χ4n) is 3.39. The van der Waals surface area contributed by atoms with Gasteiger partial charge in [0.2, 0.25) is 5.95 Å². The molecule has 2 aromatic carbocycles. The van der Waals surface area contributed by atoms with E-state index in [0.29, 0.717) is 17.2 Å². The molecule has 0 aliphatic carbocycles. The van der Waals surface area contributed by atoms with Crippen molar-refractivity contribution in [3.8, 4) is 5.82 Å². The summed E-state index contributed by atoms with van der Waals surface area (Å²) < 4.78 is 14.8. The van der Waals surface area contributed by atoms with Crippen LogP contribution >= 0.6 is 11.6 Å². The summed E-state index contributed by atoms with van der Waals surface area (Å²) in [5, 5.41) is 22.6. The summed E-state index contributed by atoms with van der Waals surface area (Å²) in [6, 6.07) is 10.5. The number of rotatable bonds is 7. The summed E-state index contributed by atoms with van der Waals surface area (Å²) >= 11 is 6.08. The number of aryl methyl sites for hydroxylation is 2. The van der Waals surface area contributed by atoms with Gasteiger partial charge in [-0.05, 0) is 37.6 Å². The maximum Gasteiger partial charge on any atom is 0.319 e. The van der Waals surface area contributed by atoms with Crippen LogP contribution in [0.2, 0.25) is 5.02 Å². The van der Waals surface area contributed by atoms with Gasteiger partial charge < -0.3 is 21.1 Å². The molecule has 0 saturated carbocycles. The molecule has 11 heteroatoms. The molecular weight excluding hydrogens is 473 g/mol. The lowest BCUT2D eigenvalue weighted by molar-refractivity contribution is 0.225. The van der Waals surface area contributed by atoms with Gasteiger partial charge in [-0.3, -0.25) is 0 Å². The molecule has 4 N–H and O–H groups in total. The Morgan fingerprint density at radius 3 is 2.77 bits per heavy atom. The summed E-state index contributed by atoms with van der Waals surface area (Å²) in [6.07, 6.45) is 4.69. The minimum atomic E-state index is -0.555. The molecule has 0 aliphatic heterocycles. The highest BCUT2D eigenvalue weighted by Gasteiger charge is 2.15. The van der Waals surface area contributed by atoms with Gasteiger partial charge in [0, 0.05) is 11.8 Å². The molecule has 4 aromatic rings. The Bertz CT molecular complexity index is 1360. The first kappa shape index (κ1) is 24.1. The van der Waals surface area contributed by atoms with Crippen molar-refractivity contribution < 1.29 is 14.3 Å². The van der Waals surface area contributed by atoms with Crippen molar-refractivity contribution in [1.29, 1.82) is 0 Å². The number of nitrogens with one attached hydrogen (secondary N) is 3. The molecule has 0 fully saturated rings. The van der Waals surface area contributed by atoms with E-state index in [1.807, 2.05) is 38.1 Å². The predicted octanol–water partition coefficient (Wildman–Crippen LogP) is 4.67. The summed E-state index contributed by atoms with van der Waals surface area (Å²) in [5.41, 5.74) is 3.45. The van der Waals surface area contributed by atoms with Crippen LogP contribution in [0, 0.1) is 19.7 Å². The fraction of sp³-hybridized carbons (Fsp3) is 0.167. The molecule has 35 heavy (non-hydrogen) atoms. The number of aliphatic hydroxyl groups is 1. The van der Waals surface area contributed by atoms with Gasteiger partial charge in [-0.1, -0.05) is 41.4 Å². The van der Waals surface area contributed by atoms with Gasteiger partial charge in [-0.15, -0.1) is 0 Å². The van der Waals surface area contributed by atoms with Gasteiger partial charge in [-0.2, -0.15) is 10.1 Å². The molecule has 2 aromatic heterocycles. The van der Waals surface area contributed by atoms with E-state index in [9.17, 15) is 14.3 Å². The first-order valence-corrected chi connectivity index (χ1v) is 11.1. The number of nitrogens with zero attached hydrogens (tertiary/aromatic N) is 4. The van der Waals surface area contributed by atoms with E-state index in [0.717, 1.165) is 16.7 Å². The van der Waals surface area contributed by atoms with E-state index in [-0.39, 0.29) is 17.6 Å². The third kappa shape index (κ3) is 5.92. The molecule has 9 nitrogen and oxygen atoms in total. The Morgan fingerprint density at radius 1 is 1.20 bits per heavy atom. The molecule has 0 unspecified atom stereocenters. The quantitative estimate of drug-likeness (QED) is 0.296. The van der Waals surface area contributed by atoms with Crippen molar-refractivity contribution >= 4 is 35.0 Å². The molecule has 2 heterocycles. The number of aliphatic hydroxyl groups excluding tert-OH is 1. The van der Waals surface area contributed by atoms with E-state index in [1.54, 1.807) is 12.4 Å². The van der Waals surface area contributed by atoms with Gasteiger partial charge in [0.25, 0.3) is 0 Å². The Morgan fingerprint density at radius 2 is 2.03 bits per heavy atom. The van der Waals surface area contributed by atoms with Gasteiger partial charge in [-0.25, -0.2) is 18.9 Å². The zero-order chi connectivity index (χ0) is 24.9. The van der Waals surface area contributed by atoms with E-state index in [2.05, 4.69) is 31.0 Å². The van der Waals surface area contributed by atoms with Crippen LogP contribution in [0.3, 0.4) is 0 Å². The zero-order valence-corrected chi connectivity index (χ0v) is 19.7. The monoisotopic (exact) mass is 495 g/mol. The second-order valence-electron chi connectivity index (χ2n) is 7.87. The summed E-state index contributed by atoms with van der Waals surface area (Å²) in [6.45, 7) is 3.51. The number of aromatic nitrogens is 4. The molecule has 0 spiro atoms. The maximum atomic E-state index is 13.3. The largest absolute Gasteiger partial charge is 0.394 e. The third-order valence-electron chi connectivity index (χ3n) is 5.11. The average molecular weight is 496 g/mol. The smallest absolute Gasteiger partial charge is 0.319 e. The topological polar surface area (TPSA) is 117 Å². The van der Waals surface area contributed by atoms with E-state index >= 15 is 0 Å². The molecule has 0 bridgehead atoms. The van der Waals surface area contributed by atoms with Gasteiger partial charge >= 0.3 is 6.03 Å². The van der Waals surface area contributed by atoms with Crippen molar-refractivity contribution in [3.63, 3.8) is 0 Å². The predicted molar refractivity (Wildman–Crippen MR) is 132 cm³/mol. The van der Waals surface area contributed by atoms with Crippen LogP contribution in [0.1, 0.15) is 22.7 Å².